The van der Waals surface area contributed by atoms with E-state index in [-0.39, 0.29) is 0 Å². The van der Waals surface area contributed by atoms with Gasteiger partial charge in [0.1, 0.15) is 5.75 Å². The molecule has 100 valence electrons. The largest absolute Gasteiger partial charge is 0.479 e. The molecule has 0 aliphatic heterocycles. The molecule has 0 saturated carbocycles. The molecule has 1 N–H and O–H groups in total. The number of carboxylic acids is 1. The van der Waals surface area contributed by atoms with Crippen molar-refractivity contribution in [3.05, 3.63) is 29.3 Å². The SMILES string of the molecule is CCCC(Oc1ccc(C(C)C)cc1C)C(=O)O. The Kier molecular flexibility index (Phi) is 5.20. The first-order chi connectivity index (χ1) is 8.45. The van der Waals surface area contributed by atoms with Gasteiger partial charge in [-0.1, -0.05) is 39.3 Å². The van der Waals surface area contributed by atoms with Crippen LogP contribution in [0.2, 0.25) is 0 Å². The van der Waals surface area contributed by atoms with E-state index in [1.807, 2.05) is 26.0 Å². The lowest BCUT2D eigenvalue weighted by molar-refractivity contribution is -0.145. The van der Waals surface area contributed by atoms with Crippen molar-refractivity contribution < 1.29 is 14.6 Å². The highest BCUT2D eigenvalue weighted by Gasteiger charge is 2.19. The van der Waals surface area contributed by atoms with E-state index in [4.69, 9.17) is 9.84 Å². The van der Waals surface area contributed by atoms with Crippen molar-refractivity contribution in [1.29, 1.82) is 0 Å². The number of carbonyl (C=O) groups is 1. The molecular weight excluding hydrogens is 228 g/mol. The minimum absolute atomic E-state index is 0.462. The highest BCUT2D eigenvalue weighted by atomic mass is 16.5. The fourth-order valence-electron chi connectivity index (χ4n) is 1.81. The van der Waals surface area contributed by atoms with Crippen LogP contribution in [0.15, 0.2) is 18.2 Å². The Hall–Kier alpha value is -1.51. The molecule has 0 aliphatic carbocycles. The Bertz CT molecular complexity index is 410. The fraction of sp³-hybridized carbons (Fsp3) is 0.533. The van der Waals surface area contributed by atoms with Crippen LogP contribution in [0.5, 0.6) is 5.75 Å². The summed E-state index contributed by atoms with van der Waals surface area (Å²) in [5.41, 5.74) is 2.23. The number of hydrogen-bond acceptors (Lipinski definition) is 2. The minimum atomic E-state index is -0.899. The highest BCUT2D eigenvalue weighted by molar-refractivity contribution is 5.72. The fourth-order valence-corrected chi connectivity index (χ4v) is 1.81. The van der Waals surface area contributed by atoms with E-state index in [1.54, 1.807) is 0 Å². The van der Waals surface area contributed by atoms with Gasteiger partial charge < -0.3 is 9.84 Å². The van der Waals surface area contributed by atoms with Crippen LogP contribution >= 0.6 is 0 Å². The van der Waals surface area contributed by atoms with Gasteiger partial charge in [-0.15, -0.1) is 0 Å². The lowest BCUT2D eigenvalue weighted by atomic mass is 10.0. The van der Waals surface area contributed by atoms with E-state index in [0.717, 1.165) is 12.0 Å². The molecule has 0 bridgehead atoms. The molecular formula is C15H22O3. The standard InChI is InChI=1S/C15H22O3/c1-5-6-14(15(16)17)18-13-8-7-12(10(2)3)9-11(13)4/h7-10,14H,5-6H2,1-4H3,(H,16,17). The third kappa shape index (κ3) is 3.76. The third-order valence-corrected chi connectivity index (χ3v) is 2.96. The van der Waals surface area contributed by atoms with E-state index in [0.29, 0.717) is 18.1 Å². The zero-order valence-electron chi connectivity index (χ0n) is 11.6. The Morgan fingerprint density at radius 1 is 1.39 bits per heavy atom. The van der Waals surface area contributed by atoms with Crippen LogP contribution < -0.4 is 4.74 Å². The van der Waals surface area contributed by atoms with E-state index < -0.39 is 12.1 Å². The first-order valence-corrected chi connectivity index (χ1v) is 6.45. The van der Waals surface area contributed by atoms with Crippen molar-refractivity contribution in [2.75, 3.05) is 0 Å². The van der Waals surface area contributed by atoms with Crippen molar-refractivity contribution in [3.8, 4) is 5.75 Å². The monoisotopic (exact) mass is 250 g/mol. The molecule has 0 spiro atoms. The molecule has 0 aromatic heterocycles. The molecule has 18 heavy (non-hydrogen) atoms. The number of hydrogen-bond donors (Lipinski definition) is 1. The maximum absolute atomic E-state index is 11.1. The lowest BCUT2D eigenvalue weighted by Crippen LogP contribution is -2.27. The molecule has 1 unspecified atom stereocenters. The summed E-state index contributed by atoms with van der Waals surface area (Å²) in [5, 5.41) is 9.07. The molecule has 1 rings (SSSR count). The maximum Gasteiger partial charge on any atom is 0.344 e. The molecule has 0 amide bonds. The molecule has 0 aliphatic rings. The summed E-state index contributed by atoms with van der Waals surface area (Å²) < 4.78 is 5.58. The van der Waals surface area contributed by atoms with Crippen LogP contribution in [-0.2, 0) is 4.79 Å². The summed E-state index contributed by atoms with van der Waals surface area (Å²) in [6, 6.07) is 5.93. The summed E-state index contributed by atoms with van der Waals surface area (Å²) in [6.45, 7) is 8.17. The summed E-state index contributed by atoms with van der Waals surface area (Å²) in [4.78, 5) is 11.1. The summed E-state index contributed by atoms with van der Waals surface area (Å²) in [6.07, 6.45) is 0.569. The smallest absolute Gasteiger partial charge is 0.344 e. The molecule has 1 aromatic carbocycles. The van der Waals surface area contributed by atoms with Gasteiger partial charge in [0.05, 0.1) is 0 Å². The number of carboxylic acid groups (broad SMARTS) is 1. The number of benzene rings is 1. The van der Waals surface area contributed by atoms with Crippen LogP contribution in [0.3, 0.4) is 0 Å². The van der Waals surface area contributed by atoms with E-state index in [9.17, 15) is 4.79 Å². The molecule has 1 atom stereocenters. The Morgan fingerprint density at radius 2 is 2.06 bits per heavy atom. The predicted octanol–water partition coefficient (Wildman–Crippen LogP) is 3.75. The molecule has 3 heteroatoms. The maximum atomic E-state index is 11.1. The summed E-state index contributed by atoms with van der Waals surface area (Å²) in [7, 11) is 0. The van der Waals surface area contributed by atoms with E-state index in [1.165, 1.54) is 5.56 Å². The molecule has 0 saturated heterocycles. The summed E-state index contributed by atoms with van der Waals surface area (Å²) in [5.74, 6) is 0.230. The van der Waals surface area contributed by atoms with Gasteiger partial charge in [-0.2, -0.15) is 0 Å². The molecule has 0 fully saturated rings. The van der Waals surface area contributed by atoms with Gasteiger partial charge in [0.15, 0.2) is 6.10 Å². The summed E-state index contributed by atoms with van der Waals surface area (Å²) >= 11 is 0. The number of ether oxygens (including phenoxy) is 1. The van der Waals surface area contributed by atoms with Gasteiger partial charge in [0.25, 0.3) is 0 Å². The number of aliphatic carboxylic acids is 1. The Morgan fingerprint density at radius 3 is 2.50 bits per heavy atom. The van der Waals surface area contributed by atoms with Gasteiger partial charge in [-0.05, 0) is 36.5 Å². The first-order valence-electron chi connectivity index (χ1n) is 6.45. The van der Waals surface area contributed by atoms with Gasteiger partial charge >= 0.3 is 5.97 Å². The topological polar surface area (TPSA) is 46.5 Å². The first kappa shape index (κ1) is 14.6. The van der Waals surface area contributed by atoms with Crippen LogP contribution in [0.4, 0.5) is 0 Å². The second-order valence-electron chi connectivity index (χ2n) is 4.91. The van der Waals surface area contributed by atoms with Crippen molar-refractivity contribution in [1.82, 2.24) is 0 Å². The quantitative estimate of drug-likeness (QED) is 0.836. The number of aryl methyl sites for hydroxylation is 1. The zero-order valence-corrected chi connectivity index (χ0v) is 11.6. The third-order valence-electron chi connectivity index (χ3n) is 2.96. The number of rotatable bonds is 6. The normalized spacial score (nSPS) is 12.5. The molecule has 1 aromatic rings. The van der Waals surface area contributed by atoms with E-state index >= 15 is 0 Å². The average molecular weight is 250 g/mol. The van der Waals surface area contributed by atoms with Crippen molar-refractivity contribution in [2.45, 2.75) is 52.6 Å². The zero-order chi connectivity index (χ0) is 13.7. The Balaban J connectivity index is 2.86. The van der Waals surface area contributed by atoms with Gasteiger partial charge in [0.2, 0.25) is 0 Å². The van der Waals surface area contributed by atoms with E-state index in [2.05, 4.69) is 19.9 Å². The molecule has 0 radical (unpaired) electrons. The van der Waals surface area contributed by atoms with Crippen LogP contribution in [-0.4, -0.2) is 17.2 Å². The van der Waals surface area contributed by atoms with Crippen molar-refractivity contribution in [3.63, 3.8) is 0 Å². The van der Waals surface area contributed by atoms with Gasteiger partial charge in [0, 0.05) is 0 Å². The van der Waals surface area contributed by atoms with Crippen LogP contribution in [0, 0.1) is 6.92 Å². The minimum Gasteiger partial charge on any atom is -0.479 e. The average Bonchev–Trinajstić information content (AvgIpc) is 2.30. The predicted molar refractivity (Wildman–Crippen MR) is 72.2 cm³/mol. The molecule has 0 heterocycles. The van der Waals surface area contributed by atoms with Crippen LogP contribution in [0.1, 0.15) is 50.7 Å². The Labute approximate surface area is 109 Å². The lowest BCUT2D eigenvalue weighted by Gasteiger charge is -2.17. The second-order valence-corrected chi connectivity index (χ2v) is 4.91. The molecule has 3 nitrogen and oxygen atoms in total. The van der Waals surface area contributed by atoms with Crippen LogP contribution in [0.25, 0.3) is 0 Å². The van der Waals surface area contributed by atoms with Crippen molar-refractivity contribution in [2.24, 2.45) is 0 Å². The van der Waals surface area contributed by atoms with Gasteiger partial charge in [-0.25, -0.2) is 4.79 Å². The second kappa shape index (κ2) is 6.43. The van der Waals surface area contributed by atoms with Crippen molar-refractivity contribution >= 4 is 5.97 Å². The van der Waals surface area contributed by atoms with Gasteiger partial charge in [-0.3, -0.25) is 0 Å². The highest BCUT2D eigenvalue weighted by Crippen LogP contribution is 2.25.